The lowest BCUT2D eigenvalue weighted by Gasteiger charge is -2.30. The van der Waals surface area contributed by atoms with E-state index in [0.29, 0.717) is 18.8 Å². The molecular formula is C18H28ClN3O2. The molecule has 0 saturated carbocycles. The zero-order valence-corrected chi connectivity index (χ0v) is 15.2. The second-order valence-corrected chi connectivity index (χ2v) is 6.41. The second kappa shape index (κ2) is 10.3. The van der Waals surface area contributed by atoms with Crippen LogP contribution in [0.15, 0.2) is 24.3 Å². The van der Waals surface area contributed by atoms with Gasteiger partial charge in [-0.05, 0) is 37.8 Å². The first-order chi connectivity index (χ1) is 11.0. The molecule has 0 aromatic heterocycles. The van der Waals surface area contributed by atoms with Crippen LogP contribution in [0, 0.1) is 12.8 Å². The van der Waals surface area contributed by atoms with E-state index in [1.165, 1.54) is 5.56 Å². The van der Waals surface area contributed by atoms with Crippen LogP contribution in [-0.2, 0) is 16.0 Å². The first kappa shape index (κ1) is 20.5. The van der Waals surface area contributed by atoms with Gasteiger partial charge in [0, 0.05) is 19.0 Å². The molecule has 2 unspecified atom stereocenters. The molecule has 0 spiro atoms. The largest absolute Gasteiger partial charge is 0.350 e. The van der Waals surface area contributed by atoms with Crippen molar-refractivity contribution in [1.82, 2.24) is 16.0 Å². The van der Waals surface area contributed by atoms with Crippen molar-refractivity contribution >= 4 is 24.2 Å². The summed E-state index contributed by atoms with van der Waals surface area (Å²) in [6, 6.07) is 8.31. The number of aryl methyl sites for hydroxylation is 2. The molecule has 24 heavy (non-hydrogen) atoms. The maximum absolute atomic E-state index is 11.9. The number of hydrogen-bond donors (Lipinski definition) is 3. The molecule has 0 bridgehead atoms. The molecule has 1 aromatic carbocycles. The molecule has 1 aliphatic rings. The van der Waals surface area contributed by atoms with Crippen molar-refractivity contribution in [2.75, 3.05) is 19.6 Å². The normalized spacial score (nSPS) is 19.9. The molecule has 1 aliphatic heterocycles. The number of carbonyl (C=O) groups excluding carboxylic acids is 2. The smallest absolute Gasteiger partial charge is 0.239 e. The van der Waals surface area contributed by atoms with E-state index in [2.05, 4.69) is 22.9 Å². The number of benzene rings is 1. The van der Waals surface area contributed by atoms with Crippen LogP contribution in [0.2, 0.25) is 0 Å². The molecule has 1 fully saturated rings. The molecule has 1 saturated heterocycles. The first-order valence-corrected chi connectivity index (χ1v) is 8.37. The molecule has 2 atom stereocenters. The Morgan fingerprint density at radius 2 is 1.92 bits per heavy atom. The molecule has 6 heteroatoms. The monoisotopic (exact) mass is 353 g/mol. The predicted octanol–water partition coefficient (Wildman–Crippen LogP) is 1.58. The molecule has 1 aromatic rings. The van der Waals surface area contributed by atoms with Gasteiger partial charge in [0.15, 0.2) is 0 Å². The third-order valence-electron chi connectivity index (χ3n) is 4.38. The van der Waals surface area contributed by atoms with Crippen LogP contribution in [0.1, 0.15) is 30.9 Å². The Labute approximate surface area is 150 Å². The Hall–Kier alpha value is -1.59. The summed E-state index contributed by atoms with van der Waals surface area (Å²) < 4.78 is 0. The predicted molar refractivity (Wildman–Crippen MR) is 98.3 cm³/mol. The first-order valence-electron chi connectivity index (χ1n) is 8.37. The van der Waals surface area contributed by atoms with Gasteiger partial charge in [0.05, 0.1) is 6.54 Å². The van der Waals surface area contributed by atoms with Gasteiger partial charge in [0.25, 0.3) is 0 Å². The molecule has 3 N–H and O–H groups in total. The maximum atomic E-state index is 11.9. The van der Waals surface area contributed by atoms with Gasteiger partial charge in [0.1, 0.15) is 0 Å². The minimum atomic E-state index is -0.116. The number of hydrogen-bond acceptors (Lipinski definition) is 3. The van der Waals surface area contributed by atoms with Gasteiger partial charge < -0.3 is 16.0 Å². The average molecular weight is 354 g/mol. The maximum Gasteiger partial charge on any atom is 0.239 e. The van der Waals surface area contributed by atoms with Crippen molar-refractivity contribution in [2.45, 2.75) is 39.2 Å². The zero-order chi connectivity index (χ0) is 16.7. The van der Waals surface area contributed by atoms with Gasteiger partial charge in [-0.25, -0.2) is 0 Å². The van der Waals surface area contributed by atoms with E-state index in [1.807, 2.05) is 31.2 Å². The van der Waals surface area contributed by atoms with Crippen LogP contribution in [0.5, 0.6) is 0 Å². The molecule has 0 aliphatic carbocycles. The summed E-state index contributed by atoms with van der Waals surface area (Å²) in [5, 5.41) is 8.96. The molecule has 5 nitrogen and oxygen atoms in total. The standard InChI is InChI=1S/C18H27N3O2.ClH/c1-13-3-5-15(6-4-13)7-8-17(22)20-12-18(23)21-16-11-19-10-9-14(16)2;/h3-6,14,16,19H,7-12H2,1-2H3,(H,20,22)(H,21,23);1H. The summed E-state index contributed by atoms with van der Waals surface area (Å²) in [7, 11) is 0. The van der Waals surface area contributed by atoms with Crippen molar-refractivity contribution in [3.05, 3.63) is 35.4 Å². The third kappa shape index (κ3) is 6.89. The van der Waals surface area contributed by atoms with Gasteiger partial charge in [-0.3, -0.25) is 9.59 Å². The third-order valence-corrected chi connectivity index (χ3v) is 4.38. The van der Waals surface area contributed by atoms with Gasteiger partial charge in [0.2, 0.25) is 11.8 Å². The number of carbonyl (C=O) groups is 2. The summed E-state index contributed by atoms with van der Waals surface area (Å²) >= 11 is 0. The molecule has 2 rings (SSSR count). The summed E-state index contributed by atoms with van der Waals surface area (Å²) in [4.78, 5) is 23.8. The zero-order valence-electron chi connectivity index (χ0n) is 14.4. The van der Waals surface area contributed by atoms with E-state index < -0.39 is 0 Å². The van der Waals surface area contributed by atoms with Crippen LogP contribution in [0.4, 0.5) is 0 Å². The van der Waals surface area contributed by atoms with Crippen molar-refractivity contribution in [1.29, 1.82) is 0 Å². The SMILES string of the molecule is Cc1ccc(CCC(=O)NCC(=O)NC2CNCCC2C)cc1.Cl. The molecule has 134 valence electrons. The topological polar surface area (TPSA) is 70.2 Å². The van der Waals surface area contributed by atoms with Crippen molar-refractivity contribution in [3.8, 4) is 0 Å². The van der Waals surface area contributed by atoms with Crippen LogP contribution in [0.3, 0.4) is 0 Å². The Bertz CT molecular complexity index is 534. The fourth-order valence-electron chi connectivity index (χ4n) is 2.72. The highest BCUT2D eigenvalue weighted by molar-refractivity contribution is 5.85. The van der Waals surface area contributed by atoms with Crippen molar-refractivity contribution < 1.29 is 9.59 Å². The Balaban J connectivity index is 0.00000288. The minimum absolute atomic E-state index is 0. The minimum Gasteiger partial charge on any atom is -0.350 e. The molecule has 0 radical (unpaired) electrons. The highest BCUT2D eigenvalue weighted by Gasteiger charge is 2.22. The quantitative estimate of drug-likeness (QED) is 0.727. The van der Waals surface area contributed by atoms with Crippen LogP contribution >= 0.6 is 12.4 Å². The van der Waals surface area contributed by atoms with Crippen LogP contribution in [0.25, 0.3) is 0 Å². The molecule has 2 amide bonds. The number of piperidine rings is 1. The van der Waals surface area contributed by atoms with Gasteiger partial charge in [-0.15, -0.1) is 12.4 Å². The van der Waals surface area contributed by atoms with E-state index in [-0.39, 0.29) is 36.8 Å². The van der Waals surface area contributed by atoms with Gasteiger partial charge in [-0.1, -0.05) is 36.8 Å². The lowest BCUT2D eigenvalue weighted by atomic mass is 9.95. The summed E-state index contributed by atoms with van der Waals surface area (Å²) in [6.45, 7) is 6.04. The highest BCUT2D eigenvalue weighted by Crippen LogP contribution is 2.10. The van der Waals surface area contributed by atoms with Gasteiger partial charge in [-0.2, -0.15) is 0 Å². The van der Waals surface area contributed by atoms with E-state index in [1.54, 1.807) is 0 Å². The Morgan fingerprint density at radius 3 is 2.58 bits per heavy atom. The summed E-state index contributed by atoms with van der Waals surface area (Å²) in [5.74, 6) is 0.266. The highest BCUT2D eigenvalue weighted by atomic mass is 35.5. The number of halogens is 1. The van der Waals surface area contributed by atoms with E-state index in [4.69, 9.17) is 0 Å². The number of rotatable bonds is 6. The Morgan fingerprint density at radius 1 is 1.21 bits per heavy atom. The lowest BCUT2D eigenvalue weighted by Crippen LogP contribution is -2.52. The summed E-state index contributed by atoms with van der Waals surface area (Å²) in [6.07, 6.45) is 2.16. The molecule has 1 heterocycles. The van der Waals surface area contributed by atoms with Crippen molar-refractivity contribution in [3.63, 3.8) is 0 Å². The van der Waals surface area contributed by atoms with Crippen LogP contribution in [-0.4, -0.2) is 37.5 Å². The number of nitrogens with one attached hydrogen (secondary N) is 3. The van der Waals surface area contributed by atoms with E-state index in [0.717, 1.165) is 25.1 Å². The van der Waals surface area contributed by atoms with E-state index >= 15 is 0 Å². The number of amides is 2. The summed E-state index contributed by atoms with van der Waals surface area (Å²) in [5.41, 5.74) is 2.35. The Kier molecular flexibility index (Phi) is 8.79. The average Bonchev–Trinajstić information content (AvgIpc) is 2.54. The van der Waals surface area contributed by atoms with E-state index in [9.17, 15) is 9.59 Å². The fourth-order valence-corrected chi connectivity index (χ4v) is 2.72. The van der Waals surface area contributed by atoms with Crippen molar-refractivity contribution in [2.24, 2.45) is 5.92 Å². The van der Waals surface area contributed by atoms with Gasteiger partial charge >= 0.3 is 0 Å². The molecular weight excluding hydrogens is 326 g/mol. The second-order valence-electron chi connectivity index (χ2n) is 6.41. The van der Waals surface area contributed by atoms with Crippen LogP contribution < -0.4 is 16.0 Å². The lowest BCUT2D eigenvalue weighted by molar-refractivity contribution is -0.126. The fraction of sp³-hybridized carbons (Fsp3) is 0.556.